The van der Waals surface area contributed by atoms with E-state index in [0.29, 0.717) is 12.8 Å². The van der Waals surface area contributed by atoms with Gasteiger partial charge in [0, 0.05) is 0 Å². The maximum absolute atomic E-state index is 10.4. The zero-order valence-corrected chi connectivity index (χ0v) is 6.39. The molecule has 0 heterocycles. The number of nitrogens with one attached hydrogen (secondary N) is 1. The van der Waals surface area contributed by atoms with Gasteiger partial charge in [0.25, 0.3) is 0 Å². The molecule has 0 aliphatic carbocycles. The summed E-state index contributed by atoms with van der Waals surface area (Å²) in [6, 6.07) is 0. The molecule has 58 valence electrons. The quantitative estimate of drug-likeness (QED) is 0.569. The molecule has 0 radical (unpaired) electrons. The zero-order valence-electron chi connectivity index (χ0n) is 6.39. The maximum atomic E-state index is 10.4. The van der Waals surface area contributed by atoms with E-state index in [0.717, 1.165) is 12.7 Å². The first-order chi connectivity index (χ1) is 4.68. The summed E-state index contributed by atoms with van der Waals surface area (Å²) in [7, 11) is 0. The van der Waals surface area contributed by atoms with E-state index in [2.05, 4.69) is 5.32 Å². The van der Waals surface area contributed by atoms with Crippen molar-refractivity contribution in [3.8, 4) is 0 Å². The normalized spacial score (nSPS) is 15.4. The predicted octanol–water partition coefficient (Wildman–Crippen LogP) is 0.490. The Hall–Kier alpha value is -0.860. The number of carbonyl (C=O) groups is 2. The topological polar surface area (TPSA) is 46.2 Å². The summed E-state index contributed by atoms with van der Waals surface area (Å²) in [5.41, 5.74) is -0.656. The number of hydrogen-bond donors (Lipinski definition) is 1. The Morgan fingerprint density at radius 1 is 1.50 bits per heavy atom. The third-order valence-electron chi connectivity index (χ3n) is 1.42. The van der Waals surface area contributed by atoms with Gasteiger partial charge in [-0.15, -0.1) is 0 Å². The van der Waals surface area contributed by atoms with Crippen LogP contribution < -0.4 is 5.32 Å². The summed E-state index contributed by atoms with van der Waals surface area (Å²) in [5, 5.41) is 2.46. The second-order valence-corrected chi connectivity index (χ2v) is 2.55. The minimum Gasteiger partial charge on any atom is -0.347 e. The van der Waals surface area contributed by atoms with Crippen molar-refractivity contribution in [1.82, 2.24) is 5.32 Å². The fourth-order valence-electron chi connectivity index (χ4n) is 0.819. The molecule has 3 nitrogen and oxygen atoms in total. The number of carbonyl (C=O) groups excluding carboxylic acids is 2. The van der Waals surface area contributed by atoms with E-state index < -0.39 is 5.54 Å². The highest BCUT2D eigenvalue weighted by Gasteiger charge is 2.20. The Labute approximate surface area is 60.8 Å². The van der Waals surface area contributed by atoms with E-state index in [9.17, 15) is 9.59 Å². The van der Waals surface area contributed by atoms with Crippen molar-refractivity contribution >= 4 is 12.7 Å². The Bertz CT molecular complexity index is 125. The highest BCUT2D eigenvalue weighted by atomic mass is 16.1. The van der Waals surface area contributed by atoms with Crippen LogP contribution in [0.3, 0.4) is 0 Å². The smallest absolute Gasteiger partial charge is 0.207 e. The van der Waals surface area contributed by atoms with Crippen molar-refractivity contribution in [2.75, 3.05) is 0 Å². The molecule has 0 aromatic rings. The van der Waals surface area contributed by atoms with Crippen LogP contribution in [-0.2, 0) is 9.59 Å². The lowest BCUT2D eigenvalue weighted by atomic mass is 9.99. The molecule has 3 heteroatoms. The molecule has 10 heavy (non-hydrogen) atoms. The minimum absolute atomic E-state index is 0.560. The first-order valence-corrected chi connectivity index (χ1v) is 3.36. The van der Waals surface area contributed by atoms with Crippen molar-refractivity contribution in [1.29, 1.82) is 0 Å². The van der Waals surface area contributed by atoms with Crippen LogP contribution in [0.4, 0.5) is 0 Å². The summed E-state index contributed by atoms with van der Waals surface area (Å²) in [5.74, 6) is 0. The molecule has 0 fully saturated rings. The first-order valence-electron chi connectivity index (χ1n) is 3.36. The highest BCUT2D eigenvalue weighted by Crippen LogP contribution is 2.06. The second kappa shape index (κ2) is 4.04. The van der Waals surface area contributed by atoms with Crippen molar-refractivity contribution in [3.63, 3.8) is 0 Å². The molecule has 0 saturated heterocycles. The molecular weight excluding hydrogens is 130 g/mol. The number of amides is 1. The fourth-order valence-corrected chi connectivity index (χ4v) is 0.819. The number of aldehydes is 1. The van der Waals surface area contributed by atoms with Crippen molar-refractivity contribution in [2.24, 2.45) is 0 Å². The van der Waals surface area contributed by atoms with Crippen LogP contribution in [0.15, 0.2) is 0 Å². The first kappa shape index (κ1) is 9.14. The van der Waals surface area contributed by atoms with Crippen molar-refractivity contribution in [3.05, 3.63) is 0 Å². The van der Waals surface area contributed by atoms with Gasteiger partial charge in [0.2, 0.25) is 6.41 Å². The van der Waals surface area contributed by atoms with Crippen molar-refractivity contribution in [2.45, 2.75) is 32.2 Å². The van der Waals surface area contributed by atoms with E-state index in [4.69, 9.17) is 0 Å². The van der Waals surface area contributed by atoms with Crippen molar-refractivity contribution < 1.29 is 9.59 Å². The fraction of sp³-hybridized carbons (Fsp3) is 0.714. The molecule has 0 aliphatic rings. The molecule has 0 unspecified atom stereocenters. The van der Waals surface area contributed by atoms with Gasteiger partial charge < -0.3 is 10.1 Å². The van der Waals surface area contributed by atoms with Crippen LogP contribution in [0.2, 0.25) is 0 Å². The monoisotopic (exact) mass is 143 g/mol. The average molecular weight is 143 g/mol. The SMILES string of the molecule is CCC[C@@](C)(C=O)NC=O. The molecule has 0 spiro atoms. The number of hydrogen-bond acceptors (Lipinski definition) is 2. The van der Waals surface area contributed by atoms with Crippen LogP contribution in [-0.4, -0.2) is 18.2 Å². The number of rotatable bonds is 5. The molecule has 1 atom stereocenters. The lowest BCUT2D eigenvalue weighted by molar-refractivity contribution is -0.118. The van der Waals surface area contributed by atoms with Crippen LogP contribution >= 0.6 is 0 Å². The Morgan fingerprint density at radius 3 is 2.40 bits per heavy atom. The molecule has 0 aliphatic heterocycles. The summed E-state index contributed by atoms with van der Waals surface area (Å²) in [6.07, 6.45) is 2.90. The van der Waals surface area contributed by atoms with E-state index in [1.54, 1.807) is 6.92 Å². The highest BCUT2D eigenvalue weighted by molar-refractivity contribution is 5.68. The average Bonchev–Trinajstić information content (AvgIpc) is 1.89. The zero-order chi connectivity index (χ0) is 8.04. The molecule has 0 bridgehead atoms. The molecule has 0 saturated carbocycles. The van der Waals surface area contributed by atoms with E-state index in [1.165, 1.54) is 0 Å². The van der Waals surface area contributed by atoms with E-state index >= 15 is 0 Å². The standard InChI is InChI=1S/C7H13NO2/c1-3-4-7(2,5-9)8-6-10/h5-6H,3-4H2,1-2H3,(H,8,10)/t7-/m0/s1. The molecule has 1 amide bonds. The van der Waals surface area contributed by atoms with Gasteiger partial charge in [-0.05, 0) is 13.3 Å². The van der Waals surface area contributed by atoms with E-state index in [-0.39, 0.29) is 0 Å². The van der Waals surface area contributed by atoms with E-state index in [1.807, 2.05) is 6.92 Å². The Balaban J connectivity index is 3.92. The molecular formula is C7H13NO2. The molecule has 0 aromatic heterocycles. The minimum atomic E-state index is -0.656. The van der Waals surface area contributed by atoms with Gasteiger partial charge >= 0.3 is 0 Å². The van der Waals surface area contributed by atoms with Crippen LogP contribution in [0.25, 0.3) is 0 Å². The Kier molecular flexibility index (Phi) is 3.69. The maximum Gasteiger partial charge on any atom is 0.207 e. The summed E-state index contributed by atoms with van der Waals surface area (Å²) >= 11 is 0. The lowest BCUT2D eigenvalue weighted by Crippen LogP contribution is -2.42. The van der Waals surface area contributed by atoms with Gasteiger partial charge in [0.05, 0.1) is 5.54 Å². The predicted molar refractivity (Wildman–Crippen MR) is 38.6 cm³/mol. The van der Waals surface area contributed by atoms with Gasteiger partial charge in [0.1, 0.15) is 6.29 Å². The third kappa shape index (κ3) is 2.62. The Morgan fingerprint density at radius 2 is 2.10 bits per heavy atom. The van der Waals surface area contributed by atoms with Crippen LogP contribution in [0.5, 0.6) is 0 Å². The van der Waals surface area contributed by atoms with Crippen LogP contribution in [0, 0.1) is 0 Å². The molecule has 0 rings (SSSR count). The van der Waals surface area contributed by atoms with Crippen LogP contribution in [0.1, 0.15) is 26.7 Å². The summed E-state index contributed by atoms with van der Waals surface area (Å²) < 4.78 is 0. The van der Waals surface area contributed by atoms with Gasteiger partial charge in [-0.2, -0.15) is 0 Å². The summed E-state index contributed by atoms with van der Waals surface area (Å²) in [4.78, 5) is 20.4. The van der Waals surface area contributed by atoms with Gasteiger partial charge in [-0.1, -0.05) is 13.3 Å². The third-order valence-corrected chi connectivity index (χ3v) is 1.42. The summed E-state index contributed by atoms with van der Waals surface area (Å²) in [6.45, 7) is 3.67. The van der Waals surface area contributed by atoms with Gasteiger partial charge in [-0.25, -0.2) is 0 Å². The molecule has 1 N–H and O–H groups in total. The largest absolute Gasteiger partial charge is 0.347 e. The molecule has 0 aromatic carbocycles. The van der Waals surface area contributed by atoms with Gasteiger partial charge in [0.15, 0.2) is 0 Å². The van der Waals surface area contributed by atoms with Gasteiger partial charge in [-0.3, -0.25) is 4.79 Å². The lowest BCUT2D eigenvalue weighted by Gasteiger charge is -2.20. The second-order valence-electron chi connectivity index (χ2n) is 2.55.